The molecule has 1 aromatic heterocycles. The Labute approximate surface area is 159 Å². The zero-order valence-corrected chi connectivity index (χ0v) is 15.4. The molecule has 7 nitrogen and oxygen atoms in total. The van der Waals surface area contributed by atoms with Gasteiger partial charge in [-0.3, -0.25) is 14.4 Å². The van der Waals surface area contributed by atoms with Gasteiger partial charge in [-0.05, 0) is 29.5 Å². The van der Waals surface area contributed by atoms with E-state index in [1.807, 2.05) is 23.1 Å². The van der Waals surface area contributed by atoms with Crippen molar-refractivity contribution >= 4 is 6.47 Å². The van der Waals surface area contributed by atoms with Crippen molar-refractivity contribution in [2.75, 3.05) is 32.9 Å². The molecule has 2 atom stereocenters. The third-order valence-electron chi connectivity index (χ3n) is 5.53. The lowest BCUT2D eigenvalue weighted by Crippen LogP contribution is -2.42. The number of likely N-dealkylation sites (tertiary alicyclic amines) is 1. The van der Waals surface area contributed by atoms with Crippen LogP contribution in [0.3, 0.4) is 0 Å². The van der Waals surface area contributed by atoms with Crippen LogP contribution in [0, 0.1) is 11.3 Å². The van der Waals surface area contributed by atoms with E-state index in [0.717, 1.165) is 39.2 Å². The Balaban J connectivity index is 0.000000659. The standard InChI is InChI=1S/C19H25N3O2.CH2O2/c23-14-19-13-21(12-18(19)6-9-24-15-19)10-16-2-4-17(5-3-16)11-22-8-1-7-20-22;2-1-3/h1-5,7-8,18,23H,6,9-15H2;1H,(H,2,3)/t18-,19+;/m0./s1. The number of carbonyl (C=O) groups is 1. The number of rotatable bonds is 5. The topological polar surface area (TPSA) is 87.8 Å². The summed E-state index contributed by atoms with van der Waals surface area (Å²) >= 11 is 0. The molecule has 146 valence electrons. The summed E-state index contributed by atoms with van der Waals surface area (Å²) in [6.07, 6.45) is 4.86. The van der Waals surface area contributed by atoms with Crippen LogP contribution in [0.15, 0.2) is 42.7 Å². The lowest BCUT2D eigenvalue weighted by molar-refractivity contribution is -0.122. The summed E-state index contributed by atoms with van der Waals surface area (Å²) < 4.78 is 7.58. The maximum Gasteiger partial charge on any atom is 0.290 e. The number of hydrogen-bond acceptors (Lipinski definition) is 5. The first-order chi connectivity index (χ1) is 13.2. The molecule has 0 bridgehead atoms. The van der Waals surface area contributed by atoms with Crippen LogP contribution in [0.25, 0.3) is 0 Å². The third kappa shape index (κ3) is 4.74. The summed E-state index contributed by atoms with van der Waals surface area (Å²) in [5, 5.41) is 21.0. The molecular formula is C20H27N3O4. The molecule has 2 aliphatic rings. The summed E-state index contributed by atoms with van der Waals surface area (Å²) in [4.78, 5) is 10.8. The van der Waals surface area contributed by atoms with E-state index >= 15 is 0 Å². The maximum absolute atomic E-state index is 9.88. The van der Waals surface area contributed by atoms with Crippen LogP contribution in [0.2, 0.25) is 0 Å². The first-order valence-electron chi connectivity index (χ1n) is 9.23. The Bertz CT molecular complexity index is 705. The second kappa shape index (κ2) is 9.12. The Kier molecular flexibility index (Phi) is 6.60. The van der Waals surface area contributed by atoms with Gasteiger partial charge in [0.25, 0.3) is 6.47 Å². The molecule has 4 rings (SSSR count). The van der Waals surface area contributed by atoms with E-state index in [9.17, 15) is 5.11 Å². The predicted molar refractivity (Wildman–Crippen MR) is 100 cm³/mol. The number of aliphatic hydroxyl groups is 1. The summed E-state index contributed by atoms with van der Waals surface area (Å²) in [5.74, 6) is 0.565. The highest BCUT2D eigenvalue weighted by Gasteiger charge is 2.47. The van der Waals surface area contributed by atoms with E-state index in [0.29, 0.717) is 12.5 Å². The Hall–Kier alpha value is -2.22. The molecule has 1 aromatic carbocycles. The highest BCUT2D eigenvalue weighted by atomic mass is 16.5. The quantitative estimate of drug-likeness (QED) is 0.772. The zero-order valence-electron chi connectivity index (χ0n) is 15.4. The fourth-order valence-electron chi connectivity index (χ4n) is 4.14. The van der Waals surface area contributed by atoms with Gasteiger partial charge in [0.2, 0.25) is 0 Å². The number of hydrogen-bond donors (Lipinski definition) is 2. The van der Waals surface area contributed by atoms with E-state index in [-0.39, 0.29) is 18.5 Å². The van der Waals surface area contributed by atoms with E-state index in [1.165, 1.54) is 11.1 Å². The molecule has 0 amide bonds. The molecule has 0 unspecified atom stereocenters. The van der Waals surface area contributed by atoms with E-state index in [2.05, 4.69) is 34.3 Å². The fourth-order valence-corrected chi connectivity index (χ4v) is 4.14. The molecule has 0 aliphatic carbocycles. The van der Waals surface area contributed by atoms with Crippen LogP contribution >= 0.6 is 0 Å². The van der Waals surface area contributed by atoms with Gasteiger partial charge >= 0.3 is 0 Å². The van der Waals surface area contributed by atoms with Crippen LogP contribution in [-0.2, 0) is 22.6 Å². The summed E-state index contributed by atoms with van der Waals surface area (Å²) in [6.45, 7) is 5.28. The van der Waals surface area contributed by atoms with E-state index in [4.69, 9.17) is 14.6 Å². The summed E-state index contributed by atoms with van der Waals surface area (Å²) in [6, 6.07) is 10.7. The fraction of sp³-hybridized carbons (Fsp3) is 0.500. The van der Waals surface area contributed by atoms with Crippen molar-refractivity contribution in [3.8, 4) is 0 Å². The Morgan fingerprint density at radius 2 is 1.96 bits per heavy atom. The molecule has 2 saturated heterocycles. The van der Waals surface area contributed by atoms with Gasteiger partial charge in [0.05, 0.1) is 19.8 Å². The van der Waals surface area contributed by atoms with Gasteiger partial charge in [-0.2, -0.15) is 5.10 Å². The highest BCUT2D eigenvalue weighted by molar-refractivity contribution is 5.32. The Morgan fingerprint density at radius 1 is 1.26 bits per heavy atom. The molecule has 2 fully saturated rings. The van der Waals surface area contributed by atoms with Gasteiger partial charge in [0.1, 0.15) is 0 Å². The largest absolute Gasteiger partial charge is 0.483 e. The summed E-state index contributed by atoms with van der Waals surface area (Å²) in [7, 11) is 0. The highest BCUT2D eigenvalue weighted by Crippen LogP contribution is 2.41. The SMILES string of the molecule is O=CO.OC[C@]12COCC[C@H]1CN(Cc1ccc(Cn3cccn3)cc1)C2. The van der Waals surface area contributed by atoms with Gasteiger partial charge in [0, 0.05) is 44.0 Å². The number of ether oxygens (including phenoxy) is 1. The first kappa shape index (κ1) is 19.5. The third-order valence-corrected chi connectivity index (χ3v) is 5.53. The second-order valence-corrected chi connectivity index (χ2v) is 7.35. The van der Waals surface area contributed by atoms with Crippen molar-refractivity contribution in [1.82, 2.24) is 14.7 Å². The zero-order chi connectivity index (χ0) is 19.1. The number of aliphatic hydroxyl groups excluding tert-OH is 1. The normalized spacial score (nSPS) is 24.7. The van der Waals surface area contributed by atoms with Crippen molar-refractivity contribution in [2.24, 2.45) is 11.3 Å². The van der Waals surface area contributed by atoms with E-state index < -0.39 is 0 Å². The number of benzene rings is 1. The smallest absolute Gasteiger partial charge is 0.290 e. The van der Waals surface area contributed by atoms with Gasteiger partial charge in [-0.25, -0.2) is 0 Å². The number of nitrogens with zero attached hydrogens (tertiary/aromatic N) is 3. The average Bonchev–Trinajstić information content (AvgIpc) is 3.31. The van der Waals surface area contributed by atoms with Crippen molar-refractivity contribution < 1.29 is 19.7 Å². The molecule has 0 radical (unpaired) electrons. The van der Waals surface area contributed by atoms with Gasteiger partial charge in [-0.1, -0.05) is 24.3 Å². The van der Waals surface area contributed by atoms with E-state index in [1.54, 1.807) is 0 Å². The second-order valence-electron chi connectivity index (χ2n) is 7.35. The van der Waals surface area contributed by atoms with Crippen molar-refractivity contribution in [3.05, 3.63) is 53.9 Å². The van der Waals surface area contributed by atoms with Crippen molar-refractivity contribution in [1.29, 1.82) is 0 Å². The average molecular weight is 373 g/mol. The van der Waals surface area contributed by atoms with Crippen LogP contribution in [0.4, 0.5) is 0 Å². The molecule has 7 heteroatoms. The first-order valence-corrected chi connectivity index (χ1v) is 9.23. The molecule has 2 N–H and O–H groups in total. The lowest BCUT2D eigenvalue weighted by atomic mass is 9.76. The minimum atomic E-state index is -0.250. The molecular weight excluding hydrogens is 346 g/mol. The number of carboxylic acid groups (broad SMARTS) is 1. The van der Waals surface area contributed by atoms with Crippen LogP contribution < -0.4 is 0 Å². The van der Waals surface area contributed by atoms with Crippen LogP contribution in [0.5, 0.6) is 0 Å². The Morgan fingerprint density at radius 3 is 2.56 bits per heavy atom. The van der Waals surface area contributed by atoms with Gasteiger partial charge < -0.3 is 14.9 Å². The molecule has 0 spiro atoms. The number of fused-ring (bicyclic) bond motifs is 1. The van der Waals surface area contributed by atoms with Crippen LogP contribution in [0.1, 0.15) is 17.5 Å². The molecule has 2 aromatic rings. The molecule has 3 heterocycles. The molecule has 27 heavy (non-hydrogen) atoms. The molecule has 2 aliphatic heterocycles. The van der Waals surface area contributed by atoms with Crippen molar-refractivity contribution in [2.45, 2.75) is 19.5 Å². The minimum absolute atomic E-state index is 0.0434. The number of aromatic nitrogens is 2. The predicted octanol–water partition coefficient (Wildman–Crippen LogP) is 1.46. The monoisotopic (exact) mass is 373 g/mol. The van der Waals surface area contributed by atoms with Crippen LogP contribution in [-0.4, -0.2) is 64.3 Å². The lowest BCUT2D eigenvalue weighted by Gasteiger charge is -2.36. The van der Waals surface area contributed by atoms with Gasteiger partial charge in [-0.15, -0.1) is 0 Å². The maximum atomic E-state index is 9.88. The molecule has 0 saturated carbocycles. The summed E-state index contributed by atoms with van der Waals surface area (Å²) in [5.41, 5.74) is 2.54. The van der Waals surface area contributed by atoms with Gasteiger partial charge in [0.15, 0.2) is 0 Å². The van der Waals surface area contributed by atoms with Crippen molar-refractivity contribution in [3.63, 3.8) is 0 Å². The minimum Gasteiger partial charge on any atom is -0.483 e.